The maximum Gasteiger partial charge on any atom is 0.410 e. The van der Waals surface area contributed by atoms with Gasteiger partial charge in [0.2, 0.25) is 0 Å². The van der Waals surface area contributed by atoms with E-state index in [2.05, 4.69) is 4.90 Å². The SMILES string of the molecule is CC(C)(C)OC(=O)N1CCN(CCn2cc(C3CC3)cc(SC#N)c2=O)CC1. The predicted octanol–water partition coefficient (Wildman–Crippen LogP) is 2.85. The van der Waals surface area contributed by atoms with Crippen molar-refractivity contribution in [1.29, 1.82) is 5.26 Å². The first kappa shape index (κ1) is 20.7. The molecule has 0 N–H and O–H groups in total. The first-order valence-corrected chi connectivity index (χ1v) is 10.6. The first-order valence-electron chi connectivity index (χ1n) is 9.77. The van der Waals surface area contributed by atoms with E-state index in [-0.39, 0.29) is 11.7 Å². The second-order valence-electron chi connectivity index (χ2n) is 8.41. The maximum atomic E-state index is 12.6. The maximum absolute atomic E-state index is 12.6. The van der Waals surface area contributed by atoms with Gasteiger partial charge in [-0.1, -0.05) is 0 Å². The van der Waals surface area contributed by atoms with Crippen LogP contribution < -0.4 is 5.56 Å². The molecule has 7 nitrogen and oxygen atoms in total. The summed E-state index contributed by atoms with van der Waals surface area (Å²) in [6.07, 6.45) is 4.00. The summed E-state index contributed by atoms with van der Waals surface area (Å²) in [6, 6.07) is 1.88. The Bertz CT molecular complexity index is 812. The molecule has 0 atom stereocenters. The van der Waals surface area contributed by atoms with Crippen LogP contribution in [0.15, 0.2) is 22.0 Å². The lowest BCUT2D eigenvalue weighted by Crippen LogP contribution is -2.50. The number of pyridine rings is 1. The van der Waals surface area contributed by atoms with Gasteiger partial charge < -0.3 is 14.2 Å². The Morgan fingerprint density at radius 1 is 1.25 bits per heavy atom. The van der Waals surface area contributed by atoms with Crippen molar-refractivity contribution in [2.75, 3.05) is 32.7 Å². The van der Waals surface area contributed by atoms with Gasteiger partial charge in [-0.2, -0.15) is 5.26 Å². The Morgan fingerprint density at radius 2 is 1.93 bits per heavy atom. The van der Waals surface area contributed by atoms with Crippen LogP contribution in [0.3, 0.4) is 0 Å². The number of nitriles is 1. The number of rotatable bonds is 5. The summed E-state index contributed by atoms with van der Waals surface area (Å²) in [4.78, 5) is 29.3. The Labute approximate surface area is 170 Å². The van der Waals surface area contributed by atoms with Gasteiger partial charge in [-0.3, -0.25) is 9.69 Å². The zero-order valence-electron chi connectivity index (χ0n) is 16.8. The third-order valence-electron chi connectivity index (χ3n) is 4.96. The van der Waals surface area contributed by atoms with E-state index in [0.29, 0.717) is 30.4 Å². The van der Waals surface area contributed by atoms with Crippen molar-refractivity contribution in [2.45, 2.75) is 56.6 Å². The van der Waals surface area contributed by atoms with E-state index in [0.717, 1.165) is 49.8 Å². The summed E-state index contributed by atoms with van der Waals surface area (Å²) in [5.74, 6) is 0.530. The molecule has 1 saturated heterocycles. The van der Waals surface area contributed by atoms with Gasteiger partial charge in [0.25, 0.3) is 5.56 Å². The monoisotopic (exact) mass is 404 g/mol. The molecule has 0 spiro atoms. The van der Waals surface area contributed by atoms with E-state index >= 15 is 0 Å². The third-order valence-corrected chi connectivity index (χ3v) is 5.56. The van der Waals surface area contributed by atoms with Gasteiger partial charge in [0, 0.05) is 45.5 Å². The second kappa shape index (κ2) is 8.58. The summed E-state index contributed by atoms with van der Waals surface area (Å²) in [6.45, 7) is 9.71. The number of carbonyl (C=O) groups excluding carboxylic acids is 1. The van der Waals surface area contributed by atoms with Gasteiger partial charge in [0.15, 0.2) is 0 Å². The van der Waals surface area contributed by atoms with Gasteiger partial charge >= 0.3 is 6.09 Å². The minimum absolute atomic E-state index is 0.0941. The van der Waals surface area contributed by atoms with E-state index < -0.39 is 5.60 Å². The van der Waals surface area contributed by atoms with E-state index in [9.17, 15) is 9.59 Å². The molecule has 0 bridgehead atoms. The number of thioether (sulfide) groups is 1. The smallest absolute Gasteiger partial charge is 0.410 e. The number of piperazine rings is 1. The van der Waals surface area contributed by atoms with Gasteiger partial charge in [-0.25, -0.2) is 4.79 Å². The fourth-order valence-corrected chi connectivity index (χ4v) is 3.79. The Balaban J connectivity index is 1.56. The topological polar surface area (TPSA) is 78.6 Å². The quantitative estimate of drug-likeness (QED) is 0.555. The van der Waals surface area contributed by atoms with E-state index in [1.807, 2.05) is 38.4 Å². The van der Waals surface area contributed by atoms with Crippen molar-refractivity contribution in [2.24, 2.45) is 0 Å². The van der Waals surface area contributed by atoms with Crippen LogP contribution in [0.25, 0.3) is 0 Å². The molecule has 3 rings (SSSR count). The molecule has 0 radical (unpaired) electrons. The van der Waals surface area contributed by atoms with Gasteiger partial charge in [-0.15, -0.1) is 0 Å². The van der Waals surface area contributed by atoms with E-state index in [1.165, 1.54) is 0 Å². The number of aromatic nitrogens is 1. The van der Waals surface area contributed by atoms with Crippen LogP contribution in [0.4, 0.5) is 4.79 Å². The number of nitrogens with zero attached hydrogens (tertiary/aromatic N) is 4. The molecule has 8 heteroatoms. The lowest BCUT2D eigenvalue weighted by Gasteiger charge is -2.35. The number of ether oxygens (including phenoxy) is 1. The molecule has 1 aromatic heterocycles. The highest BCUT2D eigenvalue weighted by Gasteiger charge is 2.27. The fourth-order valence-electron chi connectivity index (χ4n) is 3.29. The fraction of sp³-hybridized carbons (Fsp3) is 0.650. The number of hydrogen-bond acceptors (Lipinski definition) is 6. The van der Waals surface area contributed by atoms with E-state index in [1.54, 1.807) is 9.47 Å². The average Bonchev–Trinajstić information content (AvgIpc) is 3.46. The molecule has 0 unspecified atom stereocenters. The van der Waals surface area contributed by atoms with Crippen molar-refractivity contribution in [3.63, 3.8) is 0 Å². The van der Waals surface area contributed by atoms with Crippen LogP contribution in [-0.4, -0.2) is 58.8 Å². The lowest BCUT2D eigenvalue weighted by molar-refractivity contribution is 0.0143. The highest BCUT2D eigenvalue weighted by molar-refractivity contribution is 8.03. The van der Waals surface area contributed by atoms with Crippen LogP contribution in [0.5, 0.6) is 0 Å². The number of amides is 1. The van der Waals surface area contributed by atoms with Crippen LogP contribution in [0.2, 0.25) is 0 Å². The molecule has 1 aliphatic heterocycles. The zero-order chi connectivity index (χ0) is 20.3. The molecule has 1 aromatic rings. The van der Waals surface area contributed by atoms with Crippen LogP contribution in [-0.2, 0) is 11.3 Å². The summed E-state index contributed by atoms with van der Waals surface area (Å²) in [5, 5.41) is 11.0. The lowest BCUT2D eigenvalue weighted by atomic mass is 10.2. The van der Waals surface area contributed by atoms with Crippen molar-refractivity contribution in [1.82, 2.24) is 14.4 Å². The minimum atomic E-state index is -0.485. The van der Waals surface area contributed by atoms with E-state index in [4.69, 9.17) is 10.00 Å². The molecule has 0 aromatic carbocycles. The van der Waals surface area contributed by atoms with Gasteiger partial charge in [-0.05, 0) is 62.9 Å². The molecule has 2 fully saturated rings. The van der Waals surface area contributed by atoms with Crippen LogP contribution in [0, 0.1) is 10.7 Å². The van der Waals surface area contributed by atoms with Gasteiger partial charge in [0.05, 0.1) is 4.90 Å². The largest absolute Gasteiger partial charge is 0.444 e. The summed E-state index contributed by atoms with van der Waals surface area (Å²) in [7, 11) is 0. The molecule has 1 saturated carbocycles. The highest BCUT2D eigenvalue weighted by atomic mass is 32.2. The Morgan fingerprint density at radius 3 is 2.50 bits per heavy atom. The molecule has 2 aliphatic rings. The molecular formula is C20H28N4O3S. The average molecular weight is 405 g/mol. The predicted molar refractivity (Wildman–Crippen MR) is 108 cm³/mol. The van der Waals surface area contributed by atoms with Crippen LogP contribution in [0.1, 0.15) is 45.1 Å². The van der Waals surface area contributed by atoms with Gasteiger partial charge in [0.1, 0.15) is 11.0 Å². The third kappa shape index (κ3) is 5.52. The Kier molecular flexibility index (Phi) is 6.36. The van der Waals surface area contributed by atoms with Crippen LogP contribution >= 0.6 is 11.8 Å². The van der Waals surface area contributed by atoms with Crippen molar-refractivity contribution in [3.05, 3.63) is 28.2 Å². The molecule has 28 heavy (non-hydrogen) atoms. The van der Waals surface area contributed by atoms with Crippen molar-refractivity contribution >= 4 is 17.9 Å². The molecular weight excluding hydrogens is 376 g/mol. The second-order valence-corrected chi connectivity index (χ2v) is 9.24. The summed E-state index contributed by atoms with van der Waals surface area (Å²) < 4.78 is 7.17. The molecule has 1 aliphatic carbocycles. The number of hydrogen-bond donors (Lipinski definition) is 0. The molecule has 2 heterocycles. The summed E-state index contributed by atoms with van der Waals surface area (Å²) >= 11 is 0.945. The van der Waals surface area contributed by atoms with Crippen molar-refractivity contribution < 1.29 is 9.53 Å². The highest BCUT2D eigenvalue weighted by Crippen LogP contribution is 2.40. The molecule has 152 valence electrons. The summed E-state index contributed by atoms with van der Waals surface area (Å²) in [5.41, 5.74) is 0.580. The normalized spacial score (nSPS) is 18.0. The number of thiocyanates is 1. The molecule has 1 amide bonds. The van der Waals surface area contributed by atoms with Crippen molar-refractivity contribution in [3.8, 4) is 5.40 Å². The first-order chi connectivity index (χ1) is 13.3. The Hall–Kier alpha value is -1.98. The number of carbonyl (C=O) groups is 1. The zero-order valence-corrected chi connectivity index (χ0v) is 17.6. The standard InChI is InChI=1S/C20H28N4O3S/c1-20(2,3)27-19(26)23-9-6-22(7-10-23)8-11-24-13-16(15-4-5-15)12-17(18(24)25)28-14-21/h12-13,15H,4-11H2,1-3H3. The minimum Gasteiger partial charge on any atom is -0.444 e.